The fraction of sp³-hybridized carbons (Fsp3) is 1.00. The highest BCUT2D eigenvalue weighted by molar-refractivity contribution is 4.97. The Kier molecular flexibility index (Phi) is 2.57. The van der Waals surface area contributed by atoms with Crippen molar-refractivity contribution in [2.45, 2.75) is 70.4 Å². The summed E-state index contributed by atoms with van der Waals surface area (Å²) in [7, 11) is 0. The van der Waals surface area contributed by atoms with Gasteiger partial charge >= 0.3 is 0 Å². The molecule has 3 aliphatic rings. The smallest absolute Gasteiger partial charge is 0.163 e. The predicted octanol–water partition coefficient (Wildman–Crippen LogP) is 2.07. The third-order valence-corrected chi connectivity index (χ3v) is 3.65. The second-order valence-corrected chi connectivity index (χ2v) is 6.27. The van der Waals surface area contributed by atoms with Crippen molar-refractivity contribution in [3.05, 3.63) is 0 Å². The van der Waals surface area contributed by atoms with Crippen molar-refractivity contribution in [2.24, 2.45) is 5.92 Å². The van der Waals surface area contributed by atoms with Crippen LogP contribution in [0, 0.1) is 5.92 Å². The quantitative estimate of drug-likeness (QED) is 0.743. The summed E-state index contributed by atoms with van der Waals surface area (Å²) in [5, 5.41) is 0. The fourth-order valence-corrected chi connectivity index (χ4v) is 2.77. The van der Waals surface area contributed by atoms with Gasteiger partial charge in [-0.15, -0.1) is 0 Å². The zero-order valence-corrected chi connectivity index (χ0v) is 11.1. The van der Waals surface area contributed by atoms with Crippen LogP contribution in [0.3, 0.4) is 0 Å². The molecule has 0 amide bonds. The Morgan fingerprint density at radius 3 is 2.00 bits per heavy atom. The number of hydrogen-bond donors (Lipinski definition) is 0. The summed E-state index contributed by atoms with van der Waals surface area (Å²) >= 11 is 0. The van der Waals surface area contributed by atoms with Gasteiger partial charge in [-0.3, -0.25) is 0 Å². The molecule has 4 heteroatoms. The van der Waals surface area contributed by atoms with Gasteiger partial charge in [0.25, 0.3) is 0 Å². The van der Waals surface area contributed by atoms with Crippen molar-refractivity contribution in [3.8, 4) is 0 Å². The van der Waals surface area contributed by atoms with E-state index in [4.69, 9.17) is 18.9 Å². The molecule has 3 atom stereocenters. The van der Waals surface area contributed by atoms with Crippen LogP contribution in [0.15, 0.2) is 0 Å². The van der Waals surface area contributed by atoms with Gasteiger partial charge in [-0.05, 0) is 46.5 Å². The molecular formula is C13H22O4. The molecule has 2 aliphatic heterocycles. The lowest BCUT2D eigenvalue weighted by molar-refractivity contribution is -0.174. The second kappa shape index (κ2) is 3.67. The third-order valence-electron chi connectivity index (χ3n) is 3.65. The highest BCUT2D eigenvalue weighted by Crippen LogP contribution is 2.45. The van der Waals surface area contributed by atoms with Crippen LogP contribution in [0.25, 0.3) is 0 Å². The average molecular weight is 242 g/mol. The van der Waals surface area contributed by atoms with E-state index in [0.717, 1.165) is 0 Å². The SMILES string of the molecule is CC1(C)O[C@H]([C@H]2COC(C)(C)O2)[C@@H](C2CC2)O1. The first-order chi connectivity index (χ1) is 7.86. The Hall–Kier alpha value is -0.160. The summed E-state index contributed by atoms with van der Waals surface area (Å²) in [6.07, 6.45) is 2.68. The summed E-state index contributed by atoms with van der Waals surface area (Å²) < 4.78 is 23.6. The molecule has 17 heavy (non-hydrogen) atoms. The Morgan fingerprint density at radius 2 is 1.47 bits per heavy atom. The molecule has 0 aromatic rings. The maximum Gasteiger partial charge on any atom is 0.163 e. The van der Waals surface area contributed by atoms with Crippen molar-refractivity contribution in [2.75, 3.05) is 6.61 Å². The van der Waals surface area contributed by atoms with Gasteiger partial charge in [0.05, 0.1) is 12.7 Å². The van der Waals surface area contributed by atoms with E-state index in [1.165, 1.54) is 12.8 Å². The molecule has 2 heterocycles. The van der Waals surface area contributed by atoms with Gasteiger partial charge in [-0.1, -0.05) is 0 Å². The summed E-state index contributed by atoms with van der Waals surface area (Å²) in [5.41, 5.74) is 0. The monoisotopic (exact) mass is 242 g/mol. The van der Waals surface area contributed by atoms with Crippen LogP contribution < -0.4 is 0 Å². The molecule has 0 unspecified atom stereocenters. The lowest BCUT2D eigenvalue weighted by Crippen LogP contribution is -2.39. The van der Waals surface area contributed by atoms with Crippen LogP contribution in [0.4, 0.5) is 0 Å². The molecule has 0 spiro atoms. The van der Waals surface area contributed by atoms with Gasteiger partial charge in [0.1, 0.15) is 12.2 Å². The van der Waals surface area contributed by atoms with Crippen molar-refractivity contribution >= 4 is 0 Å². The molecule has 3 rings (SSSR count). The lowest BCUT2D eigenvalue weighted by atomic mass is 10.0. The molecule has 1 aliphatic carbocycles. The van der Waals surface area contributed by atoms with Gasteiger partial charge < -0.3 is 18.9 Å². The molecular weight excluding hydrogens is 220 g/mol. The minimum Gasteiger partial charge on any atom is -0.348 e. The third kappa shape index (κ3) is 2.36. The molecule has 4 nitrogen and oxygen atoms in total. The van der Waals surface area contributed by atoms with Crippen LogP contribution in [-0.2, 0) is 18.9 Å². The van der Waals surface area contributed by atoms with Crippen molar-refractivity contribution < 1.29 is 18.9 Å². The van der Waals surface area contributed by atoms with E-state index >= 15 is 0 Å². The molecule has 0 aromatic heterocycles. The van der Waals surface area contributed by atoms with Gasteiger partial charge in [0.2, 0.25) is 0 Å². The Labute approximate surface area is 103 Å². The van der Waals surface area contributed by atoms with Gasteiger partial charge in [0, 0.05) is 0 Å². The summed E-state index contributed by atoms with van der Waals surface area (Å²) in [5.74, 6) is -0.336. The van der Waals surface area contributed by atoms with E-state index in [0.29, 0.717) is 12.5 Å². The lowest BCUT2D eigenvalue weighted by Gasteiger charge is -2.23. The zero-order chi connectivity index (χ0) is 12.3. The highest BCUT2D eigenvalue weighted by Gasteiger charge is 2.53. The van der Waals surface area contributed by atoms with E-state index in [-0.39, 0.29) is 18.3 Å². The van der Waals surface area contributed by atoms with Crippen molar-refractivity contribution in [3.63, 3.8) is 0 Å². The Balaban J connectivity index is 1.73. The van der Waals surface area contributed by atoms with E-state index in [1.807, 2.05) is 27.7 Å². The molecule has 98 valence electrons. The zero-order valence-electron chi connectivity index (χ0n) is 11.1. The first-order valence-corrected chi connectivity index (χ1v) is 6.54. The molecule has 0 N–H and O–H groups in total. The molecule has 0 radical (unpaired) electrons. The van der Waals surface area contributed by atoms with Gasteiger partial charge in [-0.2, -0.15) is 0 Å². The molecule has 3 fully saturated rings. The number of hydrogen-bond acceptors (Lipinski definition) is 4. The van der Waals surface area contributed by atoms with Crippen molar-refractivity contribution in [1.82, 2.24) is 0 Å². The minimum absolute atomic E-state index is 0.00243. The van der Waals surface area contributed by atoms with E-state index in [9.17, 15) is 0 Å². The second-order valence-electron chi connectivity index (χ2n) is 6.27. The van der Waals surface area contributed by atoms with E-state index < -0.39 is 11.6 Å². The van der Waals surface area contributed by atoms with E-state index in [2.05, 4.69) is 0 Å². The maximum absolute atomic E-state index is 6.01. The maximum atomic E-state index is 6.01. The van der Waals surface area contributed by atoms with Gasteiger partial charge in [0.15, 0.2) is 11.6 Å². The minimum atomic E-state index is -0.492. The molecule has 2 saturated heterocycles. The predicted molar refractivity (Wildman–Crippen MR) is 61.5 cm³/mol. The molecule has 0 aromatic carbocycles. The van der Waals surface area contributed by atoms with Crippen LogP contribution >= 0.6 is 0 Å². The largest absolute Gasteiger partial charge is 0.348 e. The summed E-state index contributed by atoms with van der Waals surface area (Å²) in [4.78, 5) is 0. The first kappa shape index (κ1) is 11.9. The molecule has 1 saturated carbocycles. The number of rotatable bonds is 2. The van der Waals surface area contributed by atoms with Crippen molar-refractivity contribution in [1.29, 1.82) is 0 Å². The first-order valence-electron chi connectivity index (χ1n) is 6.54. The summed E-state index contributed by atoms with van der Waals surface area (Å²) in [6, 6.07) is 0. The van der Waals surface area contributed by atoms with Crippen LogP contribution in [0.5, 0.6) is 0 Å². The standard InChI is InChI=1S/C13H22O4/c1-12(2)14-7-9(15-12)11-10(8-5-6-8)16-13(3,4)17-11/h8-11H,5-7H2,1-4H3/t9-,10-,11-/m1/s1. The average Bonchev–Trinajstić information content (AvgIpc) is 2.90. The van der Waals surface area contributed by atoms with Crippen LogP contribution in [0.2, 0.25) is 0 Å². The Morgan fingerprint density at radius 1 is 0.824 bits per heavy atom. The fourth-order valence-electron chi connectivity index (χ4n) is 2.77. The summed E-state index contributed by atoms with van der Waals surface area (Å²) in [6.45, 7) is 8.44. The van der Waals surface area contributed by atoms with E-state index in [1.54, 1.807) is 0 Å². The van der Waals surface area contributed by atoms with Gasteiger partial charge in [-0.25, -0.2) is 0 Å². The van der Waals surface area contributed by atoms with Crippen LogP contribution in [-0.4, -0.2) is 36.5 Å². The topological polar surface area (TPSA) is 36.9 Å². The number of ether oxygens (including phenoxy) is 4. The van der Waals surface area contributed by atoms with Crippen LogP contribution in [0.1, 0.15) is 40.5 Å². The normalized spacial score (nSPS) is 44.1. The Bertz CT molecular complexity index is 309. The molecule has 0 bridgehead atoms. The highest BCUT2D eigenvalue weighted by atomic mass is 16.8.